The molecule has 0 aliphatic rings. The number of rotatable bonds is 2. The molecule has 0 bridgehead atoms. The van der Waals surface area contributed by atoms with Crippen LogP contribution in [-0.2, 0) is 4.79 Å². The van der Waals surface area contributed by atoms with Crippen molar-refractivity contribution in [1.82, 2.24) is 0 Å². The molecule has 0 unspecified atom stereocenters. The number of halogens is 3. The molecule has 0 radical (unpaired) electrons. The van der Waals surface area contributed by atoms with Crippen LogP contribution < -0.4 is 5.32 Å². The van der Waals surface area contributed by atoms with Crippen LogP contribution in [0.15, 0.2) is 42.2 Å². The third-order valence-electron chi connectivity index (χ3n) is 1.60. The lowest BCUT2D eigenvalue weighted by Crippen LogP contribution is -2.16. The van der Waals surface area contributed by atoms with Crippen molar-refractivity contribution in [3.63, 3.8) is 0 Å². The van der Waals surface area contributed by atoms with E-state index in [0.29, 0.717) is 5.69 Å². The summed E-state index contributed by atoms with van der Waals surface area (Å²) in [5.41, 5.74) is 0.346. The van der Waals surface area contributed by atoms with Crippen LogP contribution in [0.4, 0.5) is 18.9 Å². The Balaban J connectivity index is 2.68. The highest BCUT2D eigenvalue weighted by Gasteiger charge is 2.34. The van der Waals surface area contributed by atoms with E-state index < -0.39 is 17.8 Å². The third kappa shape index (κ3) is 3.64. The normalized spacial score (nSPS) is 12.3. The highest BCUT2D eigenvalue weighted by atomic mass is 19.4. The molecule has 6 heteroatoms. The second-order valence-electron chi connectivity index (χ2n) is 2.88. The Morgan fingerprint density at radius 1 is 1.25 bits per heavy atom. The van der Waals surface area contributed by atoms with Gasteiger partial charge in [0.2, 0.25) is 5.76 Å². The van der Waals surface area contributed by atoms with Gasteiger partial charge in [0.1, 0.15) is 0 Å². The van der Waals surface area contributed by atoms with Crippen LogP contribution >= 0.6 is 0 Å². The standard InChI is InChI=1S/C10H8F3NO2/c11-10(12,13)8(15)6-9(16)14-7-4-2-1-3-5-7/h1-6,15H,(H,14,16). The number of para-hydroxylation sites is 1. The van der Waals surface area contributed by atoms with Crippen LogP contribution in [-0.4, -0.2) is 17.2 Å². The van der Waals surface area contributed by atoms with Crippen LogP contribution in [0.5, 0.6) is 0 Å². The molecule has 2 N–H and O–H groups in total. The Morgan fingerprint density at radius 2 is 1.81 bits per heavy atom. The van der Waals surface area contributed by atoms with E-state index in [1.54, 1.807) is 18.2 Å². The molecular formula is C10H8F3NO2. The van der Waals surface area contributed by atoms with Gasteiger partial charge in [-0.05, 0) is 12.1 Å². The molecule has 1 rings (SSSR count). The highest BCUT2D eigenvalue weighted by Crippen LogP contribution is 2.22. The highest BCUT2D eigenvalue weighted by molar-refractivity contribution is 5.99. The number of carbonyl (C=O) groups excluding carboxylic acids is 1. The summed E-state index contributed by atoms with van der Waals surface area (Å²) in [5, 5.41) is 10.7. The quantitative estimate of drug-likeness (QED) is 0.607. The van der Waals surface area contributed by atoms with E-state index in [9.17, 15) is 18.0 Å². The first-order chi connectivity index (χ1) is 7.39. The summed E-state index contributed by atoms with van der Waals surface area (Å²) in [6.07, 6.45) is -4.82. The zero-order valence-electron chi connectivity index (χ0n) is 7.95. The van der Waals surface area contributed by atoms with Crippen molar-refractivity contribution in [3.8, 4) is 0 Å². The summed E-state index contributed by atoms with van der Waals surface area (Å²) in [6, 6.07) is 7.94. The van der Waals surface area contributed by atoms with Crippen LogP contribution in [0.25, 0.3) is 0 Å². The number of anilines is 1. The molecule has 0 fully saturated rings. The number of hydrogen-bond acceptors (Lipinski definition) is 2. The van der Waals surface area contributed by atoms with Gasteiger partial charge in [-0.25, -0.2) is 0 Å². The van der Waals surface area contributed by atoms with Gasteiger partial charge in [-0.2, -0.15) is 13.2 Å². The minimum absolute atomic E-state index is 0.0903. The minimum Gasteiger partial charge on any atom is -0.504 e. The van der Waals surface area contributed by atoms with Gasteiger partial charge in [0, 0.05) is 5.69 Å². The molecular weight excluding hydrogens is 223 g/mol. The molecule has 1 aromatic carbocycles. The molecule has 16 heavy (non-hydrogen) atoms. The van der Waals surface area contributed by atoms with Crippen molar-refractivity contribution in [2.75, 3.05) is 5.32 Å². The first-order valence-corrected chi connectivity index (χ1v) is 4.23. The zero-order chi connectivity index (χ0) is 12.2. The average molecular weight is 231 g/mol. The minimum atomic E-state index is -4.91. The number of alkyl halides is 3. The van der Waals surface area contributed by atoms with Crippen molar-refractivity contribution < 1.29 is 23.1 Å². The molecule has 86 valence electrons. The maximum atomic E-state index is 11.8. The molecule has 0 aromatic heterocycles. The van der Waals surface area contributed by atoms with Gasteiger partial charge in [0.05, 0.1) is 6.08 Å². The zero-order valence-corrected chi connectivity index (χ0v) is 7.95. The van der Waals surface area contributed by atoms with E-state index in [-0.39, 0.29) is 6.08 Å². The fourth-order valence-electron chi connectivity index (χ4n) is 0.906. The van der Waals surface area contributed by atoms with Crippen molar-refractivity contribution in [3.05, 3.63) is 42.2 Å². The van der Waals surface area contributed by atoms with Crippen molar-refractivity contribution >= 4 is 11.6 Å². The van der Waals surface area contributed by atoms with Crippen molar-refractivity contribution in [2.24, 2.45) is 0 Å². The smallest absolute Gasteiger partial charge is 0.448 e. The van der Waals surface area contributed by atoms with E-state index in [1.807, 2.05) is 0 Å². The van der Waals surface area contributed by atoms with E-state index in [2.05, 4.69) is 5.32 Å². The molecule has 0 saturated carbocycles. The number of carbonyl (C=O) groups is 1. The number of hydrogen-bond donors (Lipinski definition) is 2. The van der Waals surface area contributed by atoms with Gasteiger partial charge in [-0.3, -0.25) is 4.79 Å². The maximum absolute atomic E-state index is 11.8. The van der Waals surface area contributed by atoms with Crippen LogP contribution in [0.2, 0.25) is 0 Å². The van der Waals surface area contributed by atoms with E-state index in [1.165, 1.54) is 12.1 Å². The Morgan fingerprint density at radius 3 is 2.31 bits per heavy atom. The first-order valence-electron chi connectivity index (χ1n) is 4.23. The third-order valence-corrected chi connectivity index (χ3v) is 1.60. The number of allylic oxidation sites excluding steroid dienone is 1. The van der Waals surface area contributed by atoms with Crippen LogP contribution in [0.3, 0.4) is 0 Å². The van der Waals surface area contributed by atoms with Gasteiger partial charge >= 0.3 is 6.18 Å². The number of nitrogens with one attached hydrogen (secondary N) is 1. The largest absolute Gasteiger partial charge is 0.504 e. The lowest BCUT2D eigenvalue weighted by Gasteiger charge is -2.05. The fourth-order valence-corrected chi connectivity index (χ4v) is 0.906. The fraction of sp³-hybridized carbons (Fsp3) is 0.100. The molecule has 0 aliphatic carbocycles. The second kappa shape index (κ2) is 4.69. The maximum Gasteiger partial charge on any atom is 0.448 e. The Kier molecular flexibility index (Phi) is 3.55. The Bertz CT molecular complexity index is 398. The van der Waals surface area contributed by atoms with Gasteiger partial charge in [-0.1, -0.05) is 18.2 Å². The molecule has 0 aliphatic heterocycles. The van der Waals surface area contributed by atoms with E-state index in [0.717, 1.165) is 0 Å². The number of aliphatic hydroxyl groups is 1. The second-order valence-corrected chi connectivity index (χ2v) is 2.88. The lowest BCUT2D eigenvalue weighted by molar-refractivity contribution is -0.124. The predicted octanol–water partition coefficient (Wildman–Crippen LogP) is 2.63. The van der Waals surface area contributed by atoms with E-state index in [4.69, 9.17) is 5.11 Å². The predicted molar refractivity (Wildman–Crippen MR) is 51.8 cm³/mol. The lowest BCUT2D eigenvalue weighted by atomic mass is 10.3. The van der Waals surface area contributed by atoms with Crippen molar-refractivity contribution in [2.45, 2.75) is 6.18 Å². The summed E-state index contributed by atoms with van der Waals surface area (Å²) < 4.78 is 35.5. The topological polar surface area (TPSA) is 49.3 Å². The molecule has 3 nitrogen and oxygen atoms in total. The molecule has 0 heterocycles. The molecule has 1 amide bonds. The monoisotopic (exact) mass is 231 g/mol. The SMILES string of the molecule is O=C(C=C(O)C(F)(F)F)Nc1ccccc1. The summed E-state index contributed by atoms with van der Waals surface area (Å²) in [5.74, 6) is -2.97. The van der Waals surface area contributed by atoms with E-state index >= 15 is 0 Å². The molecule has 0 atom stereocenters. The summed E-state index contributed by atoms with van der Waals surface area (Å²) in [6.45, 7) is 0. The number of aliphatic hydroxyl groups excluding tert-OH is 1. The Labute approximate surface area is 89.2 Å². The van der Waals surface area contributed by atoms with Gasteiger partial charge < -0.3 is 10.4 Å². The van der Waals surface area contributed by atoms with Gasteiger partial charge in [-0.15, -0.1) is 0 Å². The molecule has 1 aromatic rings. The summed E-state index contributed by atoms with van der Waals surface area (Å²) >= 11 is 0. The molecule has 0 saturated heterocycles. The average Bonchev–Trinajstić information content (AvgIpc) is 2.17. The van der Waals surface area contributed by atoms with Crippen LogP contribution in [0.1, 0.15) is 0 Å². The van der Waals surface area contributed by atoms with Gasteiger partial charge in [0.25, 0.3) is 5.91 Å². The Hall–Kier alpha value is -1.98. The van der Waals surface area contributed by atoms with Gasteiger partial charge in [0.15, 0.2) is 0 Å². The van der Waals surface area contributed by atoms with Crippen LogP contribution in [0, 0.1) is 0 Å². The first kappa shape index (κ1) is 12.1. The summed E-state index contributed by atoms with van der Waals surface area (Å²) in [4.78, 5) is 11.0. The van der Waals surface area contributed by atoms with Crippen molar-refractivity contribution in [1.29, 1.82) is 0 Å². The summed E-state index contributed by atoms with van der Waals surface area (Å²) in [7, 11) is 0. The number of amides is 1. The number of benzene rings is 1. The molecule has 0 spiro atoms.